The quantitative estimate of drug-likeness (QED) is 0.822. The number of likely N-dealkylation sites (tertiary alicyclic amines) is 1. The van der Waals surface area contributed by atoms with Crippen LogP contribution >= 0.6 is 0 Å². The number of benzene rings is 1. The van der Waals surface area contributed by atoms with Gasteiger partial charge in [0.05, 0.1) is 19.3 Å². The predicted octanol–water partition coefficient (Wildman–Crippen LogP) is 1.72. The molecule has 1 N–H and O–H groups in total. The van der Waals surface area contributed by atoms with Crippen molar-refractivity contribution < 1.29 is 14.6 Å². The average molecular weight is 263 g/mol. The lowest BCUT2D eigenvalue weighted by Crippen LogP contribution is -2.49. The molecule has 0 radical (unpaired) electrons. The largest absolute Gasteiger partial charge is 0.497 e. The Hall–Kier alpha value is -1.39. The van der Waals surface area contributed by atoms with E-state index in [2.05, 4.69) is 4.90 Å². The first-order valence-corrected chi connectivity index (χ1v) is 6.66. The Morgan fingerprint density at radius 3 is 2.68 bits per heavy atom. The lowest BCUT2D eigenvalue weighted by molar-refractivity contribution is 0.0666. The van der Waals surface area contributed by atoms with Crippen LogP contribution < -0.4 is 4.74 Å². The number of carbonyl (C=O) groups excluding carboxylic acids is 1. The lowest BCUT2D eigenvalue weighted by atomic mass is 9.88. The molecule has 0 bridgehead atoms. The van der Waals surface area contributed by atoms with Crippen molar-refractivity contribution in [2.24, 2.45) is 0 Å². The summed E-state index contributed by atoms with van der Waals surface area (Å²) in [6.07, 6.45) is 1.84. The van der Waals surface area contributed by atoms with E-state index in [0.29, 0.717) is 12.1 Å². The molecule has 1 aliphatic rings. The zero-order chi connectivity index (χ0) is 13.9. The topological polar surface area (TPSA) is 49.8 Å². The fourth-order valence-electron chi connectivity index (χ4n) is 2.81. The van der Waals surface area contributed by atoms with Crippen LogP contribution in [0.4, 0.5) is 0 Å². The van der Waals surface area contributed by atoms with E-state index in [1.807, 2.05) is 31.2 Å². The summed E-state index contributed by atoms with van der Waals surface area (Å²) < 4.78 is 5.10. The molecule has 1 aromatic rings. The number of ether oxygens (including phenoxy) is 1. The second kappa shape index (κ2) is 5.72. The van der Waals surface area contributed by atoms with Crippen LogP contribution in [0.3, 0.4) is 0 Å². The second-order valence-corrected chi connectivity index (χ2v) is 5.15. The molecule has 1 heterocycles. The first-order valence-electron chi connectivity index (χ1n) is 6.66. The third kappa shape index (κ3) is 2.65. The van der Waals surface area contributed by atoms with Crippen LogP contribution in [0.5, 0.6) is 5.75 Å². The normalized spacial score (nSPS) is 23.5. The Balaban J connectivity index is 2.21. The van der Waals surface area contributed by atoms with Gasteiger partial charge in [0.15, 0.2) is 5.78 Å². The van der Waals surface area contributed by atoms with Crippen molar-refractivity contribution in [1.82, 2.24) is 4.90 Å². The van der Waals surface area contributed by atoms with Gasteiger partial charge < -0.3 is 9.84 Å². The Labute approximate surface area is 114 Å². The third-order valence-corrected chi connectivity index (χ3v) is 4.00. The van der Waals surface area contributed by atoms with E-state index in [1.165, 1.54) is 0 Å². The van der Waals surface area contributed by atoms with Gasteiger partial charge >= 0.3 is 0 Å². The number of aliphatic hydroxyl groups is 1. The summed E-state index contributed by atoms with van der Waals surface area (Å²) in [5.74, 6) is 0.876. The molecule has 0 aromatic heterocycles. The minimum Gasteiger partial charge on any atom is -0.497 e. The van der Waals surface area contributed by atoms with E-state index in [4.69, 9.17) is 9.84 Å². The lowest BCUT2D eigenvalue weighted by Gasteiger charge is -2.33. The van der Waals surface area contributed by atoms with Crippen molar-refractivity contribution in [3.63, 3.8) is 0 Å². The van der Waals surface area contributed by atoms with Crippen LogP contribution in [-0.2, 0) is 0 Å². The maximum Gasteiger partial charge on any atom is 0.182 e. The molecule has 1 saturated heterocycles. The number of carbonyl (C=O) groups is 1. The summed E-state index contributed by atoms with van der Waals surface area (Å²) >= 11 is 0. The van der Waals surface area contributed by atoms with Gasteiger partial charge in [0.2, 0.25) is 0 Å². The van der Waals surface area contributed by atoms with Crippen molar-refractivity contribution in [2.75, 3.05) is 26.8 Å². The Morgan fingerprint density at radius 2 is 2.11 bits per heavy atom. The molecule has 0 aliphatic carbocycles. The van der Waals surface area contributed by atoms with E-state index in [-0.39, 0.29) is 12.4 Å². The maximum absolute atomic E-state index is 12.7. The maximum atomic E-state index is 12.7. The van der Waals surface area contributed by atoms with E-state index < -0.39 is 5.54 Å². The molecule has 104 valence electrons. The van der Waals surface area contributed by atoms with Gasteiger partial charge in [0.1, 0.15) is 5.75 Å². The molecule has 1 aliphatic heterocycles. The van der Waals surface area contributed by atoms with Crippen LogP contribution in [0.15, 0.2) is 24.3 Å². The minimum atomic E-state index is -0.489. The highest BCUT2D eigenvalue weighted by Gasteiger charge is 2.42. The minimum absolute atomic E-state index is 0.0888. The smallest absolute Gasteiger partial charge is 0.182 e. The first-order chi connectivity index (χ1) is 9.11. The molecule has 1 aromatic carbocycles. The third-order valence-electron chi connectivity index (χ3n) is 4.00. The molecule has 19 heavy (non-hydrogen) atoms. The number of rotatable bonds is 5. The molecular weight excluding hydrogens is 242 g/mol. The van der Waals surface area contributed by atoms with Crippen LogP contribution in [0.25, 0.3) is 0 Å². The molecule has 2 rings (SSSR count). The van der Waals surface area contributed by atoms with Gasteiger partial charge in [-0.05, 0) is 50.6 Å². The van der Waals surface area contributed by atoms with Gasteiger partial charge in [-0.3, -0.25) is 9.69 Å². The first kappa shape index (κ1) is 14.0. The zero-order valence-electron chi connectivity index (χ0n) is 11.6. The second-order valence-electron chi connectivity index (χ2n) is 5.15. The van der Waals surface area contributed by atoms with Crippen molar-refractivity contribution >= 4 is 5.78 Å². The number of nitrogens with zero attached hydrogens (tertiary/aromatic N) is 1. The number of β-amino-alcohol motifs (C(OH)–C–C–N with tert-alkyl or cyclic N) is 1. The zero-order valence-corrected chi connectivity index (χ0v) is 11.6. The fraction of sp³-hybridized carbons (Fsp3) is 0.533. The van der Waals surface area contributed by atoms with Crippen molar-refractivity contribution in [2.45, 2.75) is 25.3 Å². The van der Waals surface area contributed by atoms with Crippen LogP contribution in [0, 0.1) is 0 Å². The van der Waals surface area contributed by atoms with Gasteiger partial charge in [-0.25, -0.2) is 0 Å². The Bertz CT molecular complexity index is 443. The van der Waals surface area contributed by atoms with E-state index >= 15 is 0 Å². The standard InChI is InChI=1S/C15H21NO3/c1-15(8-3-9-16(15)10-11-17)14(18)12-4-6-13(19-2)7-5-12/h4-7,17H,3,8-11H2,1-2H3. The number of aliphatic hydroxyl groups excluding tert-OH is 1. The van der Waals surface area contributed by atoms with Gasteiger partial charge in [-0.15, -0.1) is 0 Å². The highest BCUT2D eigenvalue weighted by Crippen LogP contribution is 2.32. The molecule has 1 atom stereocenters. The number of ketones is 1. The van der Waals surface area contributed by atoms with E-state index in [9.17, 15) is 4.79 Å². The monoisotopic (exact) mass is 263 g/mol. The summed E-state index contributed by atoms with van der Waals surface area (Å²) in [7, 11) is 1.61. The van der Waals surface area contributed by atoms with Crippen molar-refractivity contribution in [3.05, 3.63) is 29.8 Å². The molecule has 0 spiro atoms. The van der Waals surface area contributed by atoms with Gasteiger partial charge in [-0.2, -0.15) is 0 Å². The average Bonchev–Trinajstić information content (AvgIpc) is 2.81. The molecule has 4 heteroatoms. The van der Waals surface area contributed by atoms with Crippen molar-refractivity contribution in [1.29, 1.82) is 0 Å². The summed E-state index contributed by atoms with van der Waals surface area (Å²) in [6.45, 7) is 3.49. The van der Waals surface area contributed by atoms with Gasteiger partial charge in [-0.1, -0.05) is 0 Å². The highest BCUT2D eigenvalue weighted by atomic mass is 16.5. The SMILES string of the molecule is COc1ccc(C(=O)C2(C)CCCN2CCO)cc1. The molecule has 1 fully saturated rings. The number of Topliss-reactive ketones (excluding diaryl/α,β-unsaturated/α-hetero) is 1. The molecule has 0 saturated carbocycles. The molecule has 0 amide bonds. The van der Waals surface area contributed by atoms with E-state index in [1.54, 1.807) is 7.11 Å². The fourth-order valence-corrected chi connectivity index (χ4v) is 2.81. The predicted molar refractivity (Wildman–Crippen MR) is 73.6 cm³/mol. The number of hydrogen-bond acceptors (Lipinski definition) is 4. The summed E-state index contributed by atoms with van der Waals surface area (Å²) in [5.41, 5.74) is 0.213. The van der Waals surface area contributed by atoms with Gasteiger partial charge in [0, 0.05) is 12.1 Å². The van der Waals surface area contributed by atoms with Crippen LogP contribution in [-0.4, -0.2) is 48.1 Å². The number of methoxy groups -OCH3 is 1. The Kier molecular flexibility index (Phi) is 4.22. The molecular formula is C15H21NO3. The molecule has 1 unspecified atom stereocenters. The van der Waals surface area contributed by atoms with Crippen molar-refractivity contribution in [3.8, 4) is 5.75 Å². The van der Waals surface area contributed by atoms with Gasteiger partial charge in [0.25, 0.3) is 0 Å². The van der Waals surface area contributed by atoms with Crippen LogP contribution in [0.1, 0.15) is 30.1 Å². The Morgan fingerprint density at radius 1 is 1.42 bits per heavy atom. The summed E-state index contributed by atoms with van der Waals surface area (Å²) in [6, 6.07) is 7.23. The van der Waals surface area contributed by atoms with E-state index in [0.717, 1.165) is 25.1 Å². The summed E-state index contributed by atoms with van der Waals surface area (Å²) in [5, 5.41) is 9.11. The number of hydrogen-bond donors (Lipinski definition) is 1. The molecule has 4 nitrogen and oxygen atoms in total. The summed E-state index contributed by atoms with van der Waals surface area (Å²) in [4.78, 5) is 14.8. The van der Waals surface area contributed by atoms with Crippen LogP contribution in [0.2, 0.25) is 0 Å². The highest BCUT2D eigenvalue weighted by molar-refractivity contribution is 6.03.